The van der Waals surface area contributed by atoms with Gasteiger partial charge in [0, 0.05) is 68.4 Å². The molecule has 3 atom stereocenters. The minimum atomic E-state index is -0.0170. The molecule has 0 bridgehead atoms. The molecular formula is C37H47N5O. The molecule has 3 heterocycles. The number of hydrogen-bond acceptors (Lipinski definition) is 5. The van der Waals surface area contributed by atoms with Crippen LogP contribution in [0.1, 0.15) is 68.8 Å². The first-order valence-corrected chi connectivity index (χ1v) is 16.5. The van der Waals surface area contributed by atoms with Gasteiger partial charge >= 0.3 is 0 Å². The molecule has 1 aliphatic carbocycles. The summed E-state index contributed by atoms with van der Waals surface area (Å²) in [7, 11) is 0. The average Bonchev–Trinajstić information content (AvgIpc) is 3.66. The number of hydrogen-bond donors (Lipinski definition) is 0. The van der Waals surface area contributed by atoms with Crippen LogP contribution in [0.3, 0.4) is 0 Å². The molecule has 0 spiro atoms. The van der Waals surface area contributed by atoms with Crippen molar-refractivity contribution in [3.63, 3.8) is 0 Å². The second kappa shape index (κ2) is 13.1. The van der Waals surface area contributed by atoms with Crippen molar-refractivity contribution < 1.29 is 4.79 Å². The molecular weight excluding hydrogens is 530 g/mol. The fraction of sp³-hybridized carbons (Fsp3) is 0.541. The van der Waals surface area contributed by atoms with Crippen LogP contribution in [0.15, 0.2) is 67.0 Å². The van der Waals surface area contributed by atoms with Crippen LogP contribution in [0.4, 0.5) is 5.69 Å². The Hall–Kier alpha value is -3.43. The molecule has 6 rings (SSSR count). The van der Waals surface area contributed by atoms with Crippen molar-refractivity contribution in [1.82, 2.24) is 14.5 Å². The van der Waals surface area contributed by atoms with Crippen LogP contribution >= 0.6 is 0 Å². The van der Waals surface area contributed by atoms with Crippen LogP contribution in [0.2, 0.25) is 0 Å². The van der Waals surface area contributed by atoms with Crippen molar-refractivity contribution in [2.45, 2.75) is 70.8 Å². The number of aromatic nitrogens is 2. The molecule has 0 radical (unpaired) electrons. The third-order valence-electron chi connectivity index (χ3n) is 11.0. The van der Waals surface area contributed by atoms with Crippen molar-refractivity contribution >= 4 is 11.5 Å². The first-order valence-electron chi connectivity index (χ1n) is 16.5. The zero-order valence-electron chi connectivity index (χ0n) is 26.0. The second-order valence-corrected chi connectivity index (χ2v) is 13.4. The number of imidazole rings is 1. The molecule has 2 saturated heterocycles. The molecule has 226 valence electrons. The highest BCUT2D eigenvalue weighted by molar-refractivity contribution is 5.78. The molecule has 6 nitrogen and oxygen atoms in total. The van der Waals surface area contributed by atoms with Crippen molar-refractivity contribution in [3.05, 3.63) is 83.9 Å². The first kappa shape index (κ1) is 29.6. The van der Waals surface area contributed by atoms with Gasteiger partial charge in [0.05, 0.1) is 11.6 Å². The predicted molar refractivity (Wildman–Crippen MR) is 172 cm³/mol. The van der Waals surface area contributed by atoms with Crippen LogP contribution in [0.5, 0.6) is 0 Å². The number of anilines is 1. The minimum absolute atomic E-state index is 0.0170. The average molecular weight is 578 g/mol. The number of carbonyl (C=O) groups is 1. The van der Waals surface area contributed by atoms with E-state index >= 15 is 0 Å². The van der Waals surface area contributed by atoms with Crippen molar-refractivity contribution in [3.8, 4) is 6.07 Å². The van der Waals surface area contributed by atoms with Crippen LogP contribution in [0.25, 0.3) is 0 Å². The monoisotopic (exact) mass is 577 g/mol. The van der Waals surface area contributed by atoms with Gasteiger partial charge in [-0.05, 0) is 93.3 Å². The largest absolute Gasteiger partial charge is 0.371 e. The Kier molecular flexibility index (Phi) is 9.00. The van der Waals surface area contributed by atoms with E-state index in [1.54, 1.807) is 0 Å². The van der Waals surface area contributed by atoms with E-state index in [4.69, 9.17) is 5.26 Å². The minimum Gasteiger partial charge on any atom is -0.371 e. The molecule has 1 saturated carbocycles. The van der Waals surface area contributed by atoms with Crippen molar-refractivity contribution in [1.29, 1.82) is 5.26 Å². The van der Waals surface area contributed by atoms with E-state index in [-0.39, 0.29) is 5.41 Å². The first-order chi connectivity index (χ1) is 21.0. The number of nitriles is 1. The highest BCUT2D eigenvalue weighted by Gasteiger charge is 2.52. The number of piperidine rings is 1. The van der Waals surface area contributed by atoms with E-state index in [2.05, 4.69) is 81.0 Å². The van der Waals surface area contributed by atoms with E-state index in [9.17, 15) is 4.79 Å². The SMILES string of the molecule is CCC(=O)C[C@H]1CCC[C@@H]1[C@](Cn1ccnc1C)(c1ccccc1)C1CCN(CC2CN(c3ccc(C#N)cc3)C2)CC1. The highest BCUT2D eigenvalue weighted by Crippen LogP contribution is 2.54. The fourth-order valence-corrected chi connectivity index (χ4v) is 8.73. The van der Waals surface area contributed by atoms with Gasteiger partial charge in [-0.25, -0.2) is 4.98 Å². The number of nitrogens with zero attached hydrogens (tertiary/aromatic N) is 5. The van der Waals surface area contributed by atoms with Gasteiger partial charge in [-0.2, -0.15) is 5.26 Å². The second-order valence-electron chi connectivity index (χ2n) is 13.4. The summed E-state index contributed by atoms with van der Waals surface area (Å²) in [6, 6.07) is 21.6. The zero-order chi connectivity index (χ0) is 29.8. The number of aryl methyl sites for hydroxylation is 1. The maximum atomic E-state index is 12.8. The van der Waals surface area contributed by atoms with Gasteiger partial charge in [0.2, 0.25) is 0 Å². The molecule has 0 unspecified atom stereocenters. The summed E-state index contributed by atoms with van der Waals surface area (Å²) < 4.78 is 2.39. The Bertz CT molecular complexity index is 1390. The fourth-order valence-electron chi connectivity index (χ4n) is 8.73. The maximum Gasteiger partial charge on any atom is 0.132 e. The highest BCUT2D eigenvalue weighted by atomic mass is 16.1. The summed E-state index contributed by atoms with van der Waals surface area (Å²) in [6.45, 7) is 10.7. The Labute approximate surface area is 257 Å². The van der Waals surface area contributed by atoms with Crippen LogP contribution in [-0.2, 0) is 16.8 Å². The third kappa shape index (κ3) is 6.15. The van der Waals surface area contributed by atoms with E-state index in [0.29, 0.717) is 35.9 Å². The lowest BCUT2D eigenvalue weighted by Gasteiger charge is -2.52. The standard InChI is InChI=1S/C37H47N5O/c1-3-35(43)22-31-8-7-11-36(31)37(32-9-5-4-6-10-32,27-41-21-18-39-28(41)2)33-16-19-40(20-17-33)24-30-25-42(26-30)34-14-12-29(23-38)13-15-34/h4-6,9-10,12-15,18,21,30-31,33,36H,3,7-8,11,16-17,19-20,22,24-27H2,1-2H3/t31-,36+,37-/m1/s1. The lowest BCUT2D eigenvalue weighted by molar-refractivity contribution is -0.120. The van der Waals surface area contributed by atoms with Crippen LogP contribution in [0, 0.1) is 41.9 Å². The Morgan fingerprint density at radius 1 is 1.02 bits per heavy atom. The van der Waals surface area contributed by atoms with Gasteiger partial charge in [0.25, 0.3) is 0 Å². The summed E-state index contributed by atoms with van der Waals surface area (Å²) in [5.74, 6) is 3.71. The molecule has 3 aliphatic rings. The van der Waals surface area contributed by atoms with Gasteiger partial charge in [0.15, 0.2) is 0 Å². The van der Waals surface area contributed by atoms with E-state index in [0.717, 1.165) is 57.1 Å². The summed E-state index contributed by atoms with van der Waals surface area (Å²) in [4.78, 5) is 22.6. The number of carbonyl (C=O) groups excluding carboxylic acids is 1. The van der Waals surface area contributed by atoms with Crippen LogP contribution < -0.4 is 4.90 Å². The number of rotatable bonds is 11. The topological polar surface area (TPSA) is 65.2 Å². The van der Waals surface area contributed by atoms with E-state index in [1.165, 1.54) is 43.4 Å². The molecule has 0 amide bonds. The molecule has 2 aliphatic heterocycles. The van der Waals surface area contributed by atoms with E-state index in [1.807, 2.05) is 25.3 Å². The number of ketones is 1. The van der Waals surface area contributed by atoms with E-state index < -0.39 is 0 Å². The molecule has 3 fully saturated rings. The van der Waals surface area contributed by atoms with Gasteiger partial charge in [0.1, 0.15) is 11.6 Å². The van der Waals surface area contributed by atoms with Gasteiger partial charge < -0.3 is 14.4 Å². The molecule has 0 N–H and O–H groups in total. The smallest absolute Gasteiger partial charge is 0.132 e. The lowest BCUT2D eigenvalue weighted by atomic mass is 9.56. The molecule has 3 aromatic rings. The third-order valence-corrected chi connectivity index (χ3v) is 11.0. The van der Waals surface area contributed by atoms with Gasteiger partial charge in [-0.1, -0.05) is 43.7 Å². The summed E-state index contributed by atoms with van der Waals surface area (Å²) in [5.41, 5.74) is 3.39. The van der Waals surface area contributed by atoms with Crippen molar-refractivity contribution in [2.75, 3.05) is 37.6 Å². The van der Waals surface area contributed by atoms with Gasteiger partial charge in [-0.15, -0.1) is 0 Å². The number of likely N-dealkylation sites (tertiary alicyclic amines) is 1. The van der Waals surface area contributed by atoms with Crippen LogP contribution in [-0.4, -0.2) is 53.0 Å². The Balaban J connectivity index is 1.20. The molecule has 6 heteroatoms. The molecule has 1 aromatic heterocycles. The quantitative estimate of drug-likeness (QED) is 0.256. The van der Waals surface area contributed by atoms with Crippen molar-refractivity contribution in [2.24, 2.45) is 23.7 Å². The summed E-state index contributed by atoms with van der Waals surface area (Å²) in [6.07, 6.45) is 11.5. The number of benzene rings is 2. The zero-order valence-corrected chi connectivity index (χ0v) is 26.0. The lowest BCUT2D eigenvalue weighted by Crippen LogP contribution is -2.55. The summed E-state index contributed by atoms with van der Waals surface area (Å²) >= 11 is 0. The summed E-state index contributed by atoms with van der Waals surface area (Å²) in [5, 5.41) is 9.10. The number of Topliss-reactive ketones (excluding diaryl/α,β-unsaturated/α-hetero) is 1. The molecule has 43 heavy (non-hydrogen) atoms. The predicted octanol–water partition coefficient (Wildman–Crippen LogP) is 6.64. The maximum absolute atomic E-state index is 12.8. The molecule has 2 aromatic carbocycles. The van der Waals surface area contributed by atoms with Gasteiger partial charge in [-0.3, -0.25) is 4.79 Å². The Morgan fingerprint density at radius 3 is 2.42 bits per heavy atom. The Morgan fingerprint density at radius 2 is 1.77 bits per heavy atom. The normalized spacial score (nSPS) is 23.0.